The minimum atomic E-state index is -1.26. The highest BCUT2D eigenvalue weighted by Gasteiger charge is 2.47. The van der Waals surface area contributed by atoms with Crippen molar-refractivity contribution in [3.8, 4) is 0 Å². The normalized spacial score (nSPS) is 17.3. The average Bonchev–Trinajstić information content (AvgIpc) is 3.19. The van der Waals surface area contributed by atoms with Crippen molar-refractivity contribution in [1.29, 1.82) is 0 Å². The molecule has 2 aromatic rings. The monoisotopic (exact) mass is 353 g/mol. The summed E-state index contributed by atoms with van der Waals surface area (Å²) >= 11 is 0. The van der Waals surface area contributed by atoms with Crippen molar-refractivity contribution in [3.63, 3.8) is 0 Å². The summed E-state index contributed by atoms with van der Waals surface area (Å²) in [4.78, 5) is 14.3. The number of aliphatic hydroxyl groups is 1. The predicted octanol–water partition coefficient (Wildman–Crippen LogP) is 4.32. The third kappa shape index (κ3) is 3.61. The fourth-order valence-electron chi connectivity index (χ4n) is 3.74. The van der Waals surface area contributed by atoms with Gasteiger partial charge in [0.15, 0.2) is 0 Å². The minimum Gasteiger partial charge on any atom is -0.449 e. The second kappa shape index (κ2) is 8.37. The van der Waals surface area contributed by atoms with Crippen LogP contribution in [-0.2, 0) is 10.3 Å². The van der Waals surface area contributed by atoms with E-state index in [-0.39, 0.29) is 12.1 Å². The van der Waals surface area contributed by atoms with Crippen molar-refractivity contribution in [2.45, 2.75) is 44.2 Å². The third-order valence-corrected chi connectivity index (χ3v) is 5.12. The maximum Gasteiger partial charge on any atom is 0.410 e. The van der Waals surface area contributed by atoms with Gasteiger partial charge in [-0.1, -0.05) is 74.0 Å². The fourth-order valence-corrected chi connectivity index (χ4v) is 3.74. The molecule has 0 radical (unpaired) electrons. The summed E-state index contributed by atoms with van der Waals surface area (Å²) in [5, 5.41) is 11.9. The van der Waals surface area contributed by atoms with Crippen LogP contribution < -0.4 is 0 Å². The Kier molecular flexibility index (Phi) is 5.94. The first-order valence-corrected chi connectivity index (χ1v) is 9.44. The summed E-state index contributed by atoms with van der Waals surface area (Å²) in [5.74, 6) is 0. The summed E-state index contributed by atoms with van der Waals surface area (Å²) < 4.78 is 5.44. The Morgan fingerprint density at radius 1 is 1.12 bits per heavy atom. The quantitative estimate of drug-likeness (QED) is 0.787. The van der Waals surface area contributed by atoms with E-state index in [1.807, 2.05) is 60.7 Å². The molecule has 3 rings (SSSR count). The van der Waals surface area contributed by atoms with E-state index in [1.54, 1.807) is 4.90 Å². The number of hydrogen-bond donors (Lipinski definition) is 1. The Hall–Kier alpha value is -2.33. The van der Waals surface area contributed by atoms with E-state index >= 15 is 0 Å². The molecule has 4 heteroatoms. The summed E-state index contributed by atoms with van der Waals surface area (Å²) in [6.07, 6.45) is 3.10. The highest BCUT2D eigenvalue weighted by atomic mass is 16.6. The van der Waals surface area contributed by atoms with E-state index in [1.165, 1.54) is 0 Å². The molecule has 1 aliphatic rings. The van der Waals surface area contributed by atoms with Gasteiger partial charge in [0, 0.05) is 6.54 Å². The van der Waals surface area contributed by atoms with Crippen molar-refractivity contribution in [3.05, 3.63) is 71.8 Å². The Morgan fingerprint density at radius 3 is 2.23 bits per heavy atom. The van der Waals surface area contributed by atoms with Crippen molar-refractivity contribution in [1.82, 2.24) is 4.90 Å². The van der Waals surface area contributed by atoms with Gasteiger partial charge in [-0.15, -0.1) is 0 Å². The average molecular weight is 353 g/mol. The zero-order chi connectivity index (χ0) is 18.4. The van der Waals surface area contributed by atoms with E-state index in [0.29, 0.717) is 13.2 Å². The van der Waals surface area contributed by atoms with Crippen LogP contribution in [0.25, 0.3) is 0 Å². The molecule has 1 saturated heterocycles. The number of rotatable bonds is 6. The first-order valence-electron chi connectivity index (χ1n) is 9.44. The van der Waals surface area contributed by atoms with Gasteiger partial charge in [0.2, 0.25) is 0 Å². The summed E-state index contributed by atoms with van der Waals surface area (Å²) in [6.45, 7) is 3.10. The standard InChI is InChI=1S/C22H27NO3/c1-2-3-17-26-21(24)23-16-10-15-20(23)22(25,18-11-6-4-7-12-18)19-13-8-5-9-14-19/h4-9,11-14,20,25H,2-3,10,15-17H2,1H3/t20-/m0/s1. The van der Waals surface area contributed by atoms with E-state index < -0.39 is 5.60 Å². The molecule has 0 unspecified atom stereocenters. The van der Waals surface area contributed by atoms with Gasteiger partial charge < -0.3 is 14.7 Å². The van der Waals surface area contributed by atoms with Gasteiger partial charge in [0.05, 0.1) is 12.6 Å². The van der Waals surface area contributed by atoms with Gasteiger partial charge in [0.1, 0.15) is 5.60 Å². The number of ether oxygens (including phenoxy) is 1. The number of carbonyl (C=O) groups excluding carboxylic acids is 1. The highest BCUT2D eigenvalue weighted by molar-refractivity contribution is 5.69. The van der Waals surface area contributed by atoms with Gasteiger partial charge in [0.25, 0.3) is 0 Å². The lowest BCUT2D eigenvalue weighted by atomic mass is 9.79. The number of amides is 1. The largest absolute Gasteiger partial charge is 0.449 e. The van der Waals surface area contributed by atoms with E-state index in [4.69, 9.17) is 4.74 Å². The molecule has 4 nitrogen and oxygen atoms in total. The van der Waals surface area contributed by atoms with Crippen LogP contribution >= 0.6 is 0 Å². The van der Waals surface area contributed by atoms with Crippen LogP contribution in [0, 0.1) is 0 Å². The Balaban J connectivity index is 1.95. The first-order chi connectivity index (χ1) is 12.7. The second-order valence-corrected chi connectivity index (χ2v) is 6.82. The van der Waals surface area contributed by atoms with Crippen LogP contribution in [0.5, 0.6) is 0 Å². The van der Waals surface area contributed by atoms with Gasteiger partial charge in [-0.2, -0.15) is 0 Å². The molecule has 1 fully saturated rings. The van der Waals surface area contributed by atoms with Gasteiger partial charge in [-0.25, -0.2) is 4.79 Å². The predicted molar refractivity (Wildman–Crippen MR) is 102 cm³/mol. The third-order valence-electron chi connectivity index (χ3n) is 5.12. The lowest BCUT2D eigenvalue weighted by Crippen LogP contribution is -2.50. The molecule has 1 atom stereocenters. The van der Waals surface area contributed by atoms with Gasteiger partial charge in [-0.3, -0.25) is 0 Å². The zero-order valence-electron chi connectivity index (χ0n) is 15.3. The Labute approximate surface area is 155 Å². The molecule has 26 heavy (non-hydrogen) atoms. The molecular formula is C22H27NO3. The van der Waals surface area contributed by atoms with Crippen molar-refractivity contribution >= 4 is 6.09 Å². The van der Waals surface area contributed by atoms with E-state index in [0.717, 1.165) is 36.8 Å². The van der Waals surface area contributed by atoms with Crippen LogP contribution in [-0.4, -0.2) is 35.3 Å². The topological polar surface area (TPSA) is 49.8 Å². The highest BCUT2D eigenvalue weighted by Crippen LogP contribution is 2.40. The molecule has 0 spiro atoms. The molecule has 1 amide bonds. The summed E-state index contributed by atoms with van der Waals surface area (Å²) in [6, 6.07) is 18.9. The summed E-state index contributed by atoms with van der Waals surface area (Å²) in [7, 11) is 0. The number of nitrogens with zero attached hydrogens (tertiary/aromatic N) is 1. The number of unbranched alkanes of at least 4 members (excludes halogenated alkanes) is 1. The number of hydrogen-bond acceptors (Lipinski definition) is 3. The summed E-state index contributed by atoms with van der Waals surface area (Å²) in [5.41, 5.74) is 0.330. The SMILES string of the molecule is CCCCOC(=O)N1CCC[C@H]1C(O)(c1ccccc1)c1ccccc1. The lowest BCUT2D eigenvalue weighted by molar-refractivity contribution is -0.00569. The molecular weight excluding hydrogens is 326 g/mol. The molecule has 0 saturated carbocycles. The number of carbonyl (C=O) groups is 1. The molecule has 138 valence electrons. The maximum absolute atomic E-state index is 12.6. The smallest absolute Gasteiger partial charge is 0.410 e. The maximum atomic E-state index is 12.6. The van der Waals surface area contributed by atoms with Crippen molar-refractivity contribution in [2.75, 3.05) is 13.2 Å². The second-order valence-electron chi connectivity index (χ2n) is 6.82. The van der Waals surface area contributed by atoms with Crippen LogP contribution in [0.4, 0.5) is 4.79 Å². The number of likely N-dealkylation sites (tertiary alicyclic amines) is 1. The molecule has 0 aromatic heterocycles. The molecule has 1 N–H and O–H groups in total. The van der Waals surface area contributed by atoms with Crippen molar-refractivity contribution < 1.29 is 14.6 Å². The number of benzene rings is 2. The van der Waals surface area contributed by atoms with E-state index in [2.05, 4.69) is 6.92 Å². The Bertz CT molecular complexity index is 662. The molecule has 2 aromatic carbocycles. The van der Waals surface area contributed by atoms with Crippen LogP contribution in [0.1, 0.15) is 43.7 Å². The van der Waals surface area contributed by atoms with Crippen LogP contribution in [0.15, 0.2) is 60.7 Å². The van der Waals surface area contributed by atoms with Gasteiger partial charge in [-0.05, 0) is 30.4 Å². The fraction of sp³-hybridized carbons (Fsp3) is 0.409. The minimum absolute atomic E-state index is 0.328. The molecule has 0 bridgehead atoms. The van der Waals surface area contributed by atoms with Crippen molar-refractivity contribution in [2.24, 2.45) is 0 Å². The first kappa shape index (κ1) is 18.5. The van der Waals surface area contributed by atoms with Gasteiger partial charge >= 0.3 is 6.09 Å². The molecule has 1 heterocycles. The molecule has 1 aliphatic heterocycles. The zero-order valence-corrected chi connectivity index (χ0v) is 15.3. The lowest BCUT2D eigenvalue weighted by Gasteiger charge is -2.39. The van der Waals surface area contributed by atoms with Crippen LogP contribution in [0.2, 0.25) is 0 Å². The van der Waals surface area contributed by atoms with E-state index in [9.17, 15) is 9.90 Å². The molecule has 0 aliphatic carbocycles. The van der Waals surface area contributed by atoms with Crippen LogP contribution in [0.3, 0.4) is 0 Å². The Morgan fingerprint density at radius 2 is 1.69 bits per heavy atom.